The van der Waals surface area contributed by atoms with Crippen LogP contribution in [-0.2, 0) is 0 Å². The maximum absolute atomic E-state index is 11.1. The zero-order valence-electron chi connectivity index (χ0n) is 20.2. The normalized spacial score (nSPS) is 48.7. The number of hydrogen-bond donors (Lipinski definition) is 3. The van der Waals surface area contributed by atoms with Crippen LogP contribution in [0, 0.1) is 52.3 Å². The summed E-state index contributed by atoms with van der Waals surface area (Å²) in [6.07, 6.45) is 11.7. The topological polar surface area (TPSA) is 60.7 Å². The lowest BCUT2D eigenvalue weighted by atomic mass is 9.43. The molecule has 4 aliphatic carbocycles. The molecule has 3 nitrogen and oxygen atoms in total. The van der Waals surface area contributed by atoms with Crippen LogP contribution in [0.15, 0.2) is 0 Å². The number of hydrogen-bond acceptors (Lipinski definition) is 3. The molecular weight excluding hydrogens is 372 g/mol. The summed E-state index contributed by atoms with van der Waals surface area (Å²) in [7, 11) is 0. The van der Waals surface area contributed by atoms with E-state index in [1.54, 1.807) is 0 Å². The minimum atomic E-state index is -1.68. The lowest BCUT2D eigenvalue weighted by molar-refractivity contribution is -0.268. The van der Waals surface area contributed by atoms with Crippen LogP contribution in [0.2, 0.25) is 0 Å². The highest BCUT2D eigenvalue weighted by Crippen LogP contribution is 2.68. The summed E-state index contributed by atoms with van der Waals surface area (Å²) in [6, 6.07) is 0. The van der Waals surface area contributed by atoms with Crippen LogP contribution in [0.25, 0.3) is 0 Å². The van der Waals surface area contributed by atoms with Gasteiger partial charge in [0.15, 0.2) is 5.79 Å². The van der Waals surface area contributed by atoms with Crippen LogP contribution in [0.4, 0.5) is 0 Å². The van der Waals surface area contributed by atoms with Crippen molar-refractivity contribution in [3.63, 3.8) is 0 Å². The second-order valence-electron chi connectivity index (χ2n) is 13.0. The van der Waals surface area contributed by atoms with E-state index in [2.05, 4.69) is 34.6 Å². The average Bonchev–Trinajstić information content (AvgIpc) is 2.99. The van der Waals surface area contributed by atoms with Crippen molar-refractivity contribution in [1.82, 2.24) is 0 Å². The maximum Gasteiger partial charge on any atom is 0.165 e. The fourth-order valence-electron chi connectivity index (χ4n) is 9.34. The maximum atomic E-state index is 11.1. The zero-order chi connectivity index (χ0) is 21.9. The second-order valence-corrected chi connectivity index (χ2v) is 13.0. The molecule has 0 heterocycles. The standard InChI is InChI=1S/C27H48O3/c1-17(2)7-6-8-18(3)21-11-12-22-20-10-9-19-15-27(29,30)16-24(28)26(19,5)23(20)13-14-25(21,22)4/h17-24,28-30H,6-16H2,1-5H3/t18-,19+,20+,21-,22-,23-,24?,25+,26-/m0/s1. The molecule has 0 bridgehead atoms. The third-order valence-corrected chi connectivity index (χ3v) is 11.0. The number of fused-ring (bicyclic) bond motifs is 5. The Labute approximate surface area is 185 Å². The molecule has 4 fully saturated rings. The first kappa shape index (κ1) is 23.1. The van der Waals surface area contributed by atoms with E-state index in [0.717, 1.165) is 36.0 Å². The molecule has 0 radical (unpaired) electrons. The molecule has 0 aromatic carbocycles. The first-order valence-corrected chi connectivity index (χ1v) is 13.1. The van der Waals surface area contributed by atoms with Gasteiger partial charge in [0.05, 0.1) is 6.10 Å². The van der Waals surface area contributed by atoms with Crippen molar-refractivity contribution in [2.45, 2.75) is 117 Å². The Morgan fingerprint density at radius 1 is 0.867 bits per heavy atom. The molecule has 1 unspecified atom stereocenters. The fourth-order valence-corrected chi connectivity index (χ4v) is 9.34. The van der Waals surface area contributed by atoms with Crippen molar-refractivity contribution in [3.8, 4) is 0 Å². The minimum absolute atomic E-state index is 0.126. The predicted octanol–water partition coefficient (Wildman–Crippen LogP) is 5.76. The van der Waals surface area contributed by atoms with Gasteiger partial charge in [-0.15, -0.1) is 0 Å². The van der Waals surface area contributed by atoms with Crippen molar-refractivity contribution in [2.24, 2.45) is 52.3 Å². The monoisotopic (exact) mass is 420 g/mol. The molecule has 0 spiro atoms. The lowest BCUT2D eigenvalue weighted by Gasteiger charge is -2.63. The Hall–Kier alpha value is -0.120. The van der Waals surface area contributed by atoms with Gasteiger partial charge in [0.1, 0.15) is 0 Å². The third kappa shape index (κ3) is 3.69. The van der Waals surface area contributed by atoms with Gasteiger partial charge in [0, 0.05) is 12.8 Å². The van der Waals surface area contributed by atoms with Crippen molar-refractivity contribution < 1.29 is 15.3 Å². The first-order valence-electron chi connectivity index (χ1n) is 13.1. The predicted molar refractivity (Wildman–Crippen MR) is 122 cm³/mol. The van der Waals surface area contributed by atoms with Crippen molar-refractivity contribution in [1.29, 1.82) is 0 Å². The Bertz CT molecular complexity index is 615. The molecule has 0 aliphatic heterocycles. The summed E-state index contributed by atoms with van der Waals surface area (Å²) < 4.78 is 0. The Kier molecular flexibility index (Phi) is 6.17. The van der Waals surface area contributed by atoms with E-state index in [9.17, 15) is 15.3 Å². The highest BCUT2D eigenvalue weighted by atomic mass is 16.5. The van der Waals surface area contributed by atoms with E-state index >= 15 is 0 Å². The van der Waals surface area contributed by atoms with Crippen LogP contribution in [-0.4, -0.2) is 27.2 Å². The summed E-state index contributed by atoms with van der Waals surface area (Å²) in [5, 5.41) is 31.7. The molecule has 0 saturated heterocycles. The molecule has 0 aromatic rings. The molecule has 3 N–H and O–H groups in total. The van der Waals surface area contributed by atoms with Crippen molar-refractivity contribution >= 4 is 0 Å². The summed E-state index contributed by atoms with van der Waals surface area (Å²) in [5.41, 5.74) is 0.332. The van der Waals surface area contributed by atoms with Gasteiger partial charge >= 0.3 is 0 Å². The van der Waals surface area contributed by atoms with Crippen LogP contribution in [0.3, 0.4) is 0 Å². The van der Waals surface area contributed by atoms with E-state index in [4.69, 9.17) is 0 Å². The van der Waals surface area contributed by atoms with Gasteiger partial charge in [-0.1, -0.05) is 53.9 Å². The van der Waals surface area contributed by atoms with Crippen LogP contribution >= 0.6 is 0 Å². The SMILES string of the molecule is CC(C)CCC[C@H](C)[C@@H]1CC[C@H]2[C@H]3CC[C@@H]4CC(O)(O)CC(O)[C@]4(C)[C@H]3CC[C@@]21C. The van der Waals surface area contributed by atoms with Gasteiger partial charge in [-0.05, 0) is 90.8 Å². The Morgan fingerprint density at radius 2 is 1.60 bits per heavy atom. The summed E-state index contributed by atoms with van der Waals surface area (Å²) in [4.78, 5) is 0. The smallest absolute Gasteiger partial charge is 0.165 e. The van der Waals surface area contributed by atoms with Crippen LogP contribution < -0.4 is 0 Å². The van der Waals surface area contributed by atoms with Gasteiger partial charge in [0.25, 0.3) is 0 Å². The summed E-state index contributed by atoms with van der Waals surface area (Å²) in [5.74, 6) is 3.14. The Morgan fingerprint density at radius 3 is 2.30 bits per heavy atom. The minimum Gasteiger partial charge on any atom is -0.392 e. The molecule has 30 heavy (non-hydrogen) atoms. The molecule has 4 aliphatic rings. The van der Waals surface area contributed by atoms with Gasteiger partial charge in [-0.25, -0.2) is 0 Å². The number of aliphatic hydroxyl groups excluding tert-OH is 1. The molecule has 174 valence electrons. The molecule has 3 heteroatoms. The molecular formula is C27H48O3. The van der Waals surface area contributed by atoms with Crippen molar-refractivity contribution in [2.75, 3.05) is 0 Å². The third-order valence-electron chi connectivity index (χ3n) is 11.0. The number of aliphatic hydroxyl groups is 3. The van der Waals surface area contributed by atoms with Gasteiger partial charge in [-0.3, -0.25) is 0 Å². The Balaban J connectivity index is 1.50. The lowest BCUT2D eigenvalue weighted by Crippen LogP contribution is -2.61. The van der Waals surface area contributed by atoms with E-state index in [1.807, 2.05) is 0 Å². The highest BCUT2D eigenvalue weighted by Gasteiger charge is 2.63. The number of rotatable bonds is 5. The van der Waals surface area contributed by atoms with E-state index < -0.39 is 11.9 Å². The molecule has 9 atom stereocenters. The van der Waals surface area contributed by atoms with E-state index in [0.29, 0.717) is 17.8 Å². The van der Waals surface area contributed by atoms with Gasteiger partial charge in [0.2, 0.25) is 0 Å². The largest absolute Gasteiger partial charge is 0.392 e. The van der Waals surface area contributed by atoms with Crippen LogP contribution in [0.5, 0.6) is 0 Å². The first-order chi connectivity index (χ1) is 14.0. The quantitative estimate of drug-likeness (QED) is 0.496. The fraction of sp³-hybridized carbons (Fsp3) is 1.00. The molecule has 4 rings (SSSR count). The summed E-state index contributed by atoms with van der Waals surface area (Å²) >= 11 is 0. The molecule has 0 amide bonds. The van der Waals surface area contributed by atoms with Crippen LogP contribution in [0.1, 0.15) is 105 Å². The zero-order valence-corrected chi connectivity index (χ0v) is 20.2. The average molecular weight is 421 g/mol. The molecule has 4 saturated carbocycles. The van der Waals surface area contributed by atoms with Gasteiger partial charge < -0.3 is 15.3 Å². The second kappa shape index (κ2) is 8.03. The van der Waals surface area contributed by atoms with E-state index in [1.165, 1.54) is 51.4 Å². The van der Waals surface area contributed by atoms with Crippen molar-refractivity contribution in [3.05, 3.63) is 0 Å². The van der Waals surface area contributed by atoms with E-state index in [-0.39, 0.29) is 17.8 Å². The highest BCUT2D eigenvalue weighted by molar-refractivity contribution is 5.12. The van der Waals surface area contributed by atoms with Gasteiger partial charge in [-0.2, -0.15) is 0 Å². The molecule has 0 aromatic heterocycles. The summed E-state index contributed by atoms with van der Waals surface area (Å²) in [6.45, 7) is 12.1.